The fourth-order valence-corrected chi connectivity index (χ4v) is 4.02. The number of nitrogens with one attached hydrogen (secondary N) is 1. The van der Waals surface area contributed by atoms with Crippen LogP contribution in [0.1, 0.15) is 61.3 Å². The molecular formula is C25H31F3N4. The second-order valence-corrected chi connectivity index (χ2v) is 9.56. The lowest BCUT2D eigenvalue weighted by atomic mass is 9.83. The average molecular weight is 445 g/mol. The van der Waals surface area contributed by atoms with Crippen molar-refractivity contribution in [2.45, 2.75) is 67.1 Å². The summed E-state index contributed by atoms with van der Waals surface area (Å²) in [5.41, 5.74) is 10.1. The van der Waals surface area contributed by atoms with Crippen LogP contribution in [0.3, 0.4) is 0 Å². The Labute approximate surface area is 187 Å². The maximum Gasteiger partial charge on any atom is 0.416 e. The third-order valence-corrected chi connectivity index (χ3v) is 5.49. The quantitative estimate of drug-likeness (QED) is 0.435. The molecule has 4 nitrogen and oxygen atoms in total. The van der Waals surface area contributed by atoms with Crippen molar-refractivity contribution >= 4 is 22.4 Å². The molecule has 2 aromatic carbocycles. The number of fused-ring (bicyclic) bond motifs is 1. The van der Waals surface area contributed by atoms with E-state index in [4.69, 9.17) is 10.7 Å². The van der Waals surface area contributed by atoms with E-state index in [0.29, 0.717) is 17.2 Å². The van der Waals surface area contributed by atoms with E-state index in [1.807, 2.05) is 6.92 Å². The van der Waals surface area contributed by atoms with Crippen molar-refractivity contribution in [2.24, 2.45) is 5.41 Å². The molecule has 0 aliphatic carbocycles. The van der Waals surface area contributed by atoms with Crippen molar-refractivity contribution in [1.29, 1.82) is 0 Å². The molecule has 3 N–H and O–H groups in total. The molecule has 0 aliphatic rings. The topological polar surface area (TPSA) is 63.8 Å². The Bertz CT molecular complexity index is 1140. The summed E-state index contributed by atoms with van der Waals surface area (Å²) in [6.45, 7) is 12.8. The van der Waals surface area contributed by atoms with E-state index < -0.39 is 11.7 Å². The summed E-state index contributed by atoms with van der Waals surface area (Å²) in [5, 5.41) is 4.12. The van der Waals surface area contributed by atoms with E-state index in [1.54, 1.807) is 6.07 Å². The summed E-state index contributed by atoms with van der Waals surface area (Å²) < 4.78 is 39.5. The summed E-state index contributed by atoms with van der Waals surface area (Å²) in [7, 11) is 0. The molecule has 172 valence electrons. The van der Waals surface area contributed by atoms with Gasteiger partial charge in [-0.3, -0.25) is 0 Å². The lowest BCUT2D eigenvalue weighted by Gasteiger charge is -2.23. The number of hydrogen-bond donors (Lipinski definition) is 2. The molecule has 0 aliphatic heterocycles. The molecule has 1 aromatic heterocycles. The van der Waals surface area contributed by atoms with Crippen LogP contribution >= 0.6 is 0 Å². The minimum absolute atomic E-state index is 0.0755. The van der Waals surface area contributed by atoms with Crippen molar-refractivity contribution in [3.8, 4) is 0 Å². The van der Waals surface area contributed by atoms with Crippen molar-refractivity contribution in [2.75, 3.05) is 11.1 Å². The van der Waals surface area contributed by atoms with Gasteiger partial charge < -0.3 is 11.1 Å². The molecule has 0 spiro atoms. The molecule has 0 bridgehead atoms. The maximum absolute atomic E-state index is 13.2. The first-order valence-electron chi connectivity index (χ1n) is 10.8. The Morgan fingerprint density at radius 2 is 1.69 bits per heavy atom. The van der Waals surface area contributed by atoms with Gasteiger partial charge in [0.25, 0.3) is 0 Å². The summed E-state index contributed by atoms with van der Waals surface area (Å²) >= 11 is 0. The van der Waals surface area contributed by atoms with Gasteiger partial charge >= 0.3 is 6.18 Å². The molecule has 0 unspecified atom stereocenters. The molecule has 0 radical (unpaired) electrons. The van der Waals surface area contributed by atoms with Crippen LogP contribution in [-0.2, 0) is 25.6 Å². The van der Waals surface area contributed by atoms with Crippen LogP contribution < -0.4 is 11.1 Å². The number of hydrogen-bond acceptors (Lipinski definition) is 4. The highest BCUT2D eigenvalue weighted by Gasteiger charge is 2.31. The molecule has 0 saturated carbocycles. The number of aromatic nitrogens is 2. The summed E-state index contributed by atoms with van der Waals surface area (Å²) in [5.74, 6) is 1.23. The van der Waals surface area contributed by atoms with Crippen molar-refractivity contribution in [3.05, 3.63) is 57.9 Å². The number of nitrogen functional groups attached to an aromatic ring is 1. The number of nitrogens with two attached hydrogens (primary N) is 1. The fourth-order valence-electron chi connectivity index (χ4n) is 4.02. The highest BCUT2D eigenvalue weighted by molar-refractivity contribution is 5.93. The van der Waals surface area contributed by atoms with Crippen LogP contribution in [0.25, 0.3) is 10.9 Å². The molecule has 3 rings (SSSR count). The van der Waals surface area contributed by atoms with Crippen LogP contribution in [0.4, 0.5) is 24.7 Å². The molecule has 32 heavy (non-hydrogen) atoms. The largest absolute Gasteiger partial charge is 0.416 e. The monoisotopic (exact) mass is 444 g/mol. The van der Waals surface area contributed by atoms with Gasteiger partial charge in [0.05, 0.1) is 11.1 Å². The van der Waals surface area contributed by atoms with Crippen LogP contribution in [0.5, 0.6) is 0 Å². The molecule has 7 heteroatoms. The average Bonchev–Trinajstić information content (AvgIpc) is 2.66. The fraction of sp³-hybridized carbons (Fsp3) is 0.440. The molecule has 3 aromatic rings. The third-order valence-electron chi connectivity index (χ3n) is 5.49. The Balaban J connectivity index is 2.08. The second-order valence-electron chi connectivity index (χ2n) is 9.56. The van der Waals surface area contributed by atoms with Gasteiger partial charge in [-0.1, -0.05) is 27.7 Å². The zero-order chi connectivity index (χ0) is 23.8. The summed E-state index contributed by atoms with van der Waals surface area (Å²) in [4.78, 5) is 9.33. The number of rotatable bonds is 5. The van der Waals surface area contributed by atoms with Crippen LogP contribution in [0.2, 0.25) is 0 Å². The Kier molecular flexibility index (Phi) is 6.40. The van der Waals surface area contributed by atoms with Crippen molar-refractivity contribution in [3.63, 3.8) is 0 Å². The van der Waals surface area contributed by atoms with Gasteiger partial charge in [0.1, 0.15) is 11.6 Å². The smallest absolute Gasteiger partial charge is 0.399 e. The van der Waals surface area contributed by atoms with E-state index in [-0.39, 0.29) is 17.6 Å². The molecular weight excluding hydrogens is 413 g/mol. The molecule has 0 fully saturated rings. The predicted octanol–water partition coefficient (Wildman–Crippen LogP) is 6.61. The number of aryl methyl sites for hydroxylation is 2. The van der Waals surface area contributed by atoms with Gasteiger partial charge in [-0.25, -0.2) is 9.97 Å². The lowest BCUT2D eigenvalue weighted by molar-refractivity contribution is -0.137. The van der Waals surface area contributed by atoms with Gasteiger partial charge in [-0.2, -0.15) is 13.2 Å². The standard InChI is InChI=1S/C25H31F3N4/c1-7-17-10-20-22(21(14(17)2)12-24(4,5)6)31-15(3)32-23(20)30-13-16-8-18(25(26,27)28)11-19(29)9-16/h8-11H,7,12-13,29H2,1-6H3,(H,30,31,32). The zero-order valence-corrected chi connectivity index (χ0v) is 19.5. The van der Waals surface area contributed by atoms with Crippen molar-refractivity contribution < 1.29 is 13.2 Å². The van der Waals surface area contributed by atoms with Gasteiger partial charge in [0, 0.05) is 17.6 Å². The van der Waals surface area contributed by atoms with Gasteiger partial charge in [0.2, 0.25) is 0 Å². The predicted molar refractivity (Wildman–Crippen MR) is 125 cm³/mol. The van der Waals surface area contributed by atoms with E-state index in [9.17, 15) is 13.2 Å². The molecule has 1 heterocycles. The van der Waals surface area contributed by atoms with Crippen LogP contribution in [0.15, 0.2) is 24.3 Å². The van der Waals surface area contributed by atoms with Crippen LogP contribution in [-0.4, -0.2) is 9.97 Å². The minimum Gasteiger partial charge on any atom is -0.399 e. The van der Waals surface area contributed by atoms with Gasteiger partial charge in [-0.15, -0.1) is 0 Å². The lowest BCUT2D eigenvalue weighted by Crippen LogP contribution is -2.13. The van der Waals surface area contributed by atoms with Crippen LogP contribution in [0, 0.1) is 19.3 Å². The zero-order valence-electron chi connectivity index (χ0n) is 19.5. The molecule has 0 amide bonds. The number of anilines is 2. The van der Waals surface area contributed by atoms with Crippen molar-refractivity contribution in [1.82, 2.24) is 9.97 Å². The molecule has 0 saturated heterocycles. The van der Waals surface area contributed by atoms with E-state index in [1.165, 1.54) is 16.7 Å². The second kappa shape index (κ2) is 8.60. The van der Waals surface area contributed by atoms with E-state index in [2.05, 4.69) is 51.0 Å². The Morgan fingerprint density at radius 1 is 1.00 bits per heavy atom. The highest BCUT2D eigenvalue weighted by Crippen LogP contribution is 2.34. The van der Waals surface area contributed by atoms with Gasteiger partial charge in [-0.05, 0) is 78.6 Å². The summed E-state index contributed by atoms with van der Waals surface area (Å²) in [6, 6.07) is 5.71. The first-order chi connectivity index (χ1) is 14.8. The first-order valence-corrected chi connectivity index (χ1v) is 10.8. The number of benzene rings is 2. The normalized spacial score (nSPS) is 12.4. The highest BCUT2D eigenvalue weighted by atomic mass is 19.4. The Morgan fingerprint density at radius 3 is 2.28 bits per heavy atom. The number of halogens is 3. The van der Waals surface area contributed by atoms with Gasteiger partial charge in [0.15, 0.2) is 0 Å². The third kappa shape index (κ3) is 5.31. The SMILES string of the molecule is CCc1cc2c(NCc3cc(N)cc(C(F)(F)F)c3)nc(C)nc2c(CC(C)(C)C)c1C. The number of nitrogens with zero attached hydrogens (tertiary/aromatic N) is 2. The maximum atomic E-state index is 13.2. The number of alkyl halides is 3. The van der Waals surface area contributed by atoms with E-state index in [0.717, 1.165) is 35.9 Å². The minimum atomic E-state index is -4.45. The first kappa shape index (κ1) is 23.8. The molecule has 0 atom stereocenters. The van der Waals surface area contributed by atoms with E-state index >= 15 is 0 Å². The summed E-state index contributed by atoms with van der Waals surface area (Å²) in [6.07, 6.45) is -2.71. The Hall–Kier alpha value is -2.83.